The fourth-order valence-electron chi connectivity index (χ4n) is 1.53. The zero-order valence-electron chi connectivity index (χ0n) is 7.77. The molecule has 1 nitrogen and oxygen atoms in total. The lowest BCUT2D eigenvalue weighted by molar-refractivity contribution is -0.184. The SMILES string of the molecule is OC(C#CC1CCCCC1)C(F)(F)F. The fraction of sp³-hybridized carbons (Fsp3) is 0.800. The van der Waals surface area contributed by atoms with E-state index in [-0.39, 0.29) is 5.92 Å². The van der Waals surface area contributed by atoms with E-state index in [0.717, 1.165) is 32.1 Å². The van der Waals surface area contributed by atoms with E-state index in [4.69, 9.17) is 5.11 Å². The Balaban J connectivity index is 2.45. The Kier molecular flexibility index (Phi) is 3.82. The molecule has 0 amide bonds. The van der Waals surface area contributed by atoms with Crippen LogP contribution in [0.2, 0.25) is 0 Å². The first-order valence-corrected chi connectivity index (χ1v) is 4.76. The molecule has 0 heterocycles. The highest BCUT2D eigenvalue weighted by Crippen LogP contribution is 2.23. The minimum Gasteiger partial charge on any atom is -0.372 e. The Hall–Kier alpha value is -0.690. The summed E-state index contributed by atoms with van der Waals surface area (Å²) in [6.07, 6.45) is -2.18. The molecule has 80 valence electrons. The highest BCUT2D eigenvalue weighted by atomic mass is 19.4. The van der Waals surface area contributed by atoms with Gasteiger partial charge in [-0.2, -0.15) is 13.2 Å². The van der Waals surface area contributed by atoms with Crippen LogP contribution >= 0.6 is 0 Å². The molecule has 1 fully saturated rings. The predicted octanol–water partition coefficient (Wildman–Crippen LogP) is 2.49. The fourth-order valence-corrected chi connectivity index (χ4v) is 1.53. The third kappa shape index (κ3) is 3.59. The summed E-state index contributed by atoms with van der Waals surface area (Å²) < 4.78 is 35.6. The van der Waals surface area contributed by atoms with E-state index in [1.807, 2.05) is 5.92 Å². The van der Waals surface area contributed by atoms with Gasteiger partial charge in [-0.05, 0) is 12.8 Å². The highest BCUT2D eigenvalue weighted by molar-refractivity contribution is 5.10. The van der Waals surface area contributed by atoms with Crippen LogP contribution in [0.25, 0.3) is 0 Å². The van der Waals surface area contributed by atoms with Crippen LogP contribution in [0.5, 0.6) is 0 Å². The van der Waals surface area contributed by atoms with E-state index in [0.29, 0.717) is 0 Å². The number of hydrogen-bond donors (Lipinski definition) is 1. The van der Waals surface area contributed by atoms with Crippen molar-refractivity contribution in [2.24, 2.45) is 5.92 Å². The van der Waals surface area contributed by atoms with Crippen LogP contribution in [0.3, 0.4) is 0 Å². The highest BCUT2D eigenvalue weighted by Gasteiger charge is 2.37. The molecule has 1 atom stereocenters. The Labute approximate surface area is 81.3 Å². The quantitative estimate of drug-likeness (QED) is 0.604. The molecule has 14 heavy (non-hydrogen) atoms. The van der Waals surface area contributed by atoms with Gasteiger partial charge in [-0.15, -0.1) is 0 Å². The summed E-state index contributed by atoms with van der Waals surface area (Å²) in [7, 11) is 0. The van der Waals surface area contributed by atoms with Crippen molar-refractivity contribution in [2.75, 3.05) is 0 Å². The number of halogens is 3. The van der Waals surface area contributed by atoms with Gasteiger partial charge in [0.15, 0.2) is 0 Å². The number of alkyl halides is 3. The van der Waals surface area contributed by atoms with Crippen molar-refractivity contribution in [3.8, 4) is 11.8 Å². The molecule has 0 aromatic rings. The van der Waals surface area contributed by atoms with Gasteiger partial charge in [0.2, 0.25) is 6.10 Å². The Morgan fingerprint density at radius 1 is 1.14 bits per heavy atom. The van der Waals surface area contributed by atoms with Crippen LogP contribution in [0, 0.1) is 17.8 Å². The van der Waals surface area contributed by atoms with Gasteiger partial charge in [-0.25, -0.2) is 0 Å². The van der Waals surface area contributed by atoms with Crippen molar-refractivity contribution in [3.05, 3.63) is 0 Å². The molecule has 0 radical (unpaired) electrons. The van der Waals surface area contributed by atoms with Crippen molar-refractivity contribution < 1.29 is 18.3 Å². The maximum absolute atomic E-state index is 11.9. The molecule has 1 aliphatic rings. The van der Waals surface area contributed by atoms with E-state index in [1.165, 1.54) is 0 Å². The second-order valence-electron chi connectivity index (χ2n) is 3.57. The van der Waals surface area contributed by atoms with Gasteiger partial charge in [0.1, 0.15) is 0 Å². The predicted molar refractivity (Wildman–Crippen MR) is 46.4 cm³/mol. The van der Waals surface area contributed by atoms with Crippen LogP contribution in [0.1, 0.15) is 32.1 Å². The molecule has 1 rings (SSSR count). The van der Waals surface area contributed by atoms with Crippen molar-refractivity contribution >= 4 is 0 Å². The van der Waals surface area contributed by atoms with Crippen molar-refractivity contribution in [3.63, 3.8) is 0 Å². The number of hydrogen-bond acceptors (Lipinski definition) is 1. The molecule has 4 heteroatoms. The Morgan fingerprint density at radius 3 is 2.21 bits per heavy atom. The van der Waals surface area contributed by atoms with E-state index in [1.54, 1.807) is 0 Å². The Morgan fingerprint density at radius 2 is 1.71 bits per heavy atom. The van der Waals surface area contributed by atoms with E-state index >= 15 is 0 Å². The number of aliphatic hydroxyl groups is 1. The molecule has 1 saturated carbocycles. The monoisotopic (exact) mass is 206 g/mol. The number of rotatable bonds is 0. The summed E-state index contributed by atoms with van der Waals surface area (Å²) in [6, 6.07) is 0. The maximum atomic E-state index is 11.9. The molecule has 0 spiro atoms. The van der Waals surface area contributed by atoms with Crippen molar-refractivity contribution in [2.45, 2.75) is 44.4 Å². The summed E-state index contributed by atoms with van der Waals surface area (Å²) in [5, 5.41) is 8.62. The van der Waals surface area contributed by atoms with E-state index in [2.05, 4.69) is 5.92 Å². The first-order valence-electron chi connectivity index (χ1n) is 4.76. The lowest BCUT2D eigenvalue weighted by atomic mass is 9.90. The molecule has 0 bridgehead atoms. The van der Waals surface area contributed by atoms with Gasteiger partial charge >= 0.3 is 6.18 Å². The standard InChI is InChI=1S/C10H13F3O/c11-10(12,13)9(14)7-6-8-4-2-1-3-5-8/h8-9,14H,1-5H2. The average molecular weight is 206 g/mol. The first kappa shape index (κ1) is 11.4. The van der Waals surface area contributed by atoms with Crippen LogP contribution in [-0.4, -0.2) is 17.4 Å². The molecular formula is C10H13F3O. The second kappa shape index (κ2) is 4.70. The zero-order valence-corrected chi connectivity index (χ0v) is 7.77. The van der Waals surface area contributed by atoms with Crippen LogP contribution in [-0.2, 0) is 0 Å². The third-order valence-corrected chi connectivity index (χ3v) is 2.34. The smallest absolute Gasteiger partial charge is 0.372 e. The van der Waals surface area contributed by atoms with E-state index in [9.17, 15) is 13.2 Å². The van der Waals surface area contributed by atoms with Crippen LogP contribution in [0.4, 0.5) is 13.2 Å². The minimum atomic E-state index is -4.61. The molecule has 0 aromatic carbocycles. The summed E-state index contributed by atoms with van der Waals surface area (Å²) >= 11 is 0. The lowest BCUT2D eigenvalue weighted by Crippen LogP contribution is -2.26. The maximum Gasteiger partial charge on any atom is 0.425 e. The Bertz CT molecular complexity index is 230. The van der Waals surface area contributed by atoms with Gasteiger partial charge in [-0.1, -0.05) is 31.1 Å². The second-order valence-corrected chi connectivity index (χ2v) is 3.57. The van der Waals surface area contributed by atoms with E-state index < -0.39 is 12.3 Å². The third-order valence-electron chi connectivity index (χ3n) is 2.34. The van der Waals surface area contributed by atoms with Gasteiger partial charge in [0, 0.05) is 5.92 Å². The molecule has 0 aliphatic heterocycles. The number of aliphatic hydroxyl groups excluding tert-OH is 1. The molecule has 1 aliphatic carbocycles. The zero-order chi connectivity index (χ0) is 10.6. The molecular weight excluding hydrogens is 193 g/mol. The van der Waals surface area contributed by atoms with Gasteiger partial charge in [-0.3, -0.25) is 0 Å². The average Bonchev–Trinajstić information content (AvgIpc) is 2.14. The molecule has 0 aromatic heterocycles. The largest absolute Gasteiger partial charge is 0.425 e. The molecule has 0 saturated heterocycles. The van der Waals surface area contributed by atoms with Crippen LogP contribution in [0.15, 0.2) is 0 Å². The van der Waals surface area contributed by atoms with Gasteiger partial charge < -0.3 is 5.11 Å². The lowest BCUT2D eigenvalue weighted by Gasteiger charge is -2.16. The summed E-state index contributed by atoms with van der Waals surface area (Å²) in [5.74, 6) is 4.42. The topological polar surface area (TPSA) is 20.2 Å². The minimum absolute atomic E-state index is 0.0424. The normalized spacial score (nSPS) is 21.1. The van der Waals surface area contributed by atoms with Gasteiger partial charge in [0.05, 0.1) is 0 Å². The van der Waals surface area contributed by atoms with Crippen molar-refractivity contribution in [1.82, 2.24) is 0 Å². The van der Waals surface area contributed by atoms with Crippen molar-refractivity contribution in [1.29, 1.82) is 0 Å². The summed E-state index contributed by atoms with van der Waals surface area (Å²) in [6.45, 7) is 0. The first-order chi connectivity index (χ1) is 6.50. The van der Waals surface area contributed by atoms with Gasteiger partial charge in [0.25, 0.3) is 0 Å². The molecule has 1 N–H and O–H groups in total. The summed E-state index contributed by atoms with van der Waals surface area (Å²) in [4.78, 5) is 0. The summed E-state index contributed by atoms with van der Waals surface area (Å²) in [5.41, 5.74) is 0. The van der Waals surface area contributed by atoms with Crippen LogP contribution < -0.4 is 0 Å². The molecule has 1 unspecified atom stereocenters.